The summed E-state index contributed by atoms with van der Waals surface area (Å²) in [5, 5.41) is 9.52. The molecule has 0 aliphatic heterocycles. The highest BCUT2D eigenvalue weighted by Gasteiger charge is 2.12. The predicted molar refractivity (Wildman–Crippen MR) is 66.0 cm³/mol. The Morgan fingerprint density at radius 3 is 2.76 bits per heavy atom. The normalized spacial score (nSPS) is 10.5. The molecule has 1 aromatic carbocycles. The molecule has 0 heterocycles. The van der Waals surface area contributed by atoms with E-state index in [1.54, 1.807) is 6.07 Å². The van der Waals surface area contributed by atoms with Crippen LogP contribution in [0, 0.1) is 0 Å². The quantitative estimate of drug-likeness (QED) is 0.456. The molecular weight excluding hydrogens is 220 g/mol. The lowest BCUT2D eigenvalue weighted by molar-refractivity contribution is 0.0490. The van der Waals surface area contributed by atoms with Crippen molar-refractivity contribution in [1.29, 1.82) is 0 Å². The molecule has 0 aromatic heterocycles. The predicted octanol–water partition coefficient (Wildman–Crippen LogP) is 1.08. The summed E-state index contributed by atoms with van der Waals surface area (Å²) >= 11 is 0. The van der Waals surface area contributed by atoms with E-state index in [-0.39, 0.29) is 11.3 Å². The van der Waals surface area contributed by atoms with Crippen molar-refractivity contribution in [2.45, 2.75) is 6.42 Å². The number of carbonyl (C=O) groups is 1. The number of ether oxygens (including phenoxy) is 1. The van der Waals surface area contributed by atoms with E-state index < -0.39 is 5.97 Å². The van der Waals surface area contributed by atoms with Crippen LogP contribution in [0.3, 0.4) is 0 Å². The van der Waals surface area contributed by atoms with Gasteiger partial charge in [-0.15, -0.1) is 0 Å². The van der Waals surface area contributed by atoms with Crippen molar-refractivity contribution in [1.82, 2.24) is 4.90 Å². The number of phenols is 1. The molecule has 0 radical (unpaired) electrons. The van der Waals surface area contributed by atoms with Crippen molar-refractivity contribution < 1.29 is 14.6 Å². The van der Waals surface area contributed by atoms with Crippen LogP contribution in [0.15, 0.2) is 18.2 Å². The Balaban J connectivity index is 2.47. The molecule has 3 N–H and O–H groups in total. The maximum absolute atomic E-state index is 11.6. The Kier molecular flexibility index (Phi) is 4.78. The highest BCUT2D eigenvalue weighted by atomic mass is 16.5. The summed E-state index contributed by atoms with van der Waals surface area (Å²) in [4.78, 5) is 13.6. The Labute approximate surface area is 101 Å². The number of hydrogen-bond donors (Lipinski definition) is 2. The number of nitrogens with zero attached hydrogens (tertiary/aromatic N) is 1. The van der Waals surface area contributed by atoms with Gasteiger partial charge in [0.25, 0.3) is 0 Å². The number of nitrogens with two attached hydrogens (primary N) is 1. The third kappa shape index (κ3) is 4.32. The molecule has 0 amide bonds. The minimum atomic E-state index is -0.527. The number of carbonyl (C=O) groups excluding carboxylic acids is 1. The fourth-order valence-electron chi connectivity index (χ4n) is 1.34. The molecule has 0 aliphatic carbocycles. The minimum absolute atomic E-state index is 0.143. The molecule has 0 fully saturated rings. The van der Waals surface area contributed by atoms with Gasteiger partial charge < -0.3 is 20.5 Å². The van der Waals surface area contributed by atoms with Gasteiger partial charge >= 0.3 is 5.97 Å². The van der Waals surface area contributed by atoms with E-state index in [2.05, 4.69) is 0 Å². The molecule has 0 atom stereocenters. The topological polar surface area (TPSA) is 75.8 Å². The molecule has 0 spiro atoms. The van der Waals surface area contributed by atoms with Crippen LogP contribution in [0.25, 0.3) is 0 Å². The smallest absolute Gasteiger partial charge is 0.341 e. The number of benzene rings is 1. The van der Waals surface area contributed by atoms with Gasteiger partial charge in [0.05, 0.1) is 6.61 Å². The molecule has 1 rings (SSSR count). The second kappa shape index (κ2) is 6.10. The zero-order chi connectivity index (χ0) is 12.8. The second-order valence-corrected chi connectivity index (χ2v) is 4.07. The van der Waals surface area contributed by atoms with Crippen molar-refractivity contribution in [2.24, 2.45) is 0 Å². The van der Waals surface area contributed by atoms with Gasteiger partial charge in [-0.2, -0.15) is 0 Å². The van der Waals surface area contributed by atoms with Crippen LogP contribution in [-0.2, 0) is 4.74 Å². The molecule has 1 aromatic rings. The van der Waals surface area contributed by atoms with Crippen molar-refractivity contribution in [3.05, 3.63) is 23.8 Å². The lowest BCUT2D eigenvalue weighted by atomic mass is 10.2. The highest BCUT2D eigenvalue weighted by Crippen LogP contribution is 2.20. The Hall–Kier alpha value is -1.75. The molecular formula is C12H18N2O3. The van der Waals surface area contributed by atoms with Gasteiger partial charge in [-0.3, -0.25) is 0 Å². The maximum atomic E-state index is 11.6. The number of aromatic hydroxyl groups is 1. The molecule has 5 heteroatoms. The molecule has 0 saturated carbocycles. The maximum Gasteiger partial charge on any atom is 0.341 e. The monoisotopic (exact) mass is 238 g/mol. The first-order valence-electron chi connectivity index (χ1n) is 5.41. The van der Waals surface area contributed by atoms with E-state index in [4.69, 9.17) is 10.5 Å². The summed E-state index contributed by atoms with van der Waals surface area (Å²) in [6.07, 6.45) is 0.758. The van der Waals surface area contributed by atoms with Crippen LogP contribution in [0.2, 0.25) is 0 Å². The Bertz CT molecular complexity index is 391. The average Bonchev–Trinajstić information content (AvgIpc) is 2.23. The van der Waals surface area contributed by atoms with Gasteiger partial charge in [0.15, 0.2) is 0 Å². The van der Waals surface area contributed by atoms with Crippen molar-refractivity contribution >= 4 is 11.7 Å². The molecule has 0 saturated heterocycles. The molecule has 17 heavy (non-hydrogen) atoms. The van der Waals surface area contributed by atoms with Crippen LogP contribution >= 0.6 is 0 Å². The Morgan fingerprint density at radius 1 is 1.47 bits per heavy atom. The average molecular weight is 238 g/mol. The van der Waals surface area contributed by atoms with Gasteiger partial charge in [0.1, 0.15) is 11.3 Å². The summed E-state index contributed by atoms with van der Waals surface area (Å²) in [6, 6.07) is 4.34. The highest BCUT2D eigenvalue weighted by molar-refractivity contribution is 5.92. The number of anilines is 1. The van der Waals surface area contributed by atoms with E-state index in [1.165, 1.54) is 12.1 Å². The van der Waals surface area contributed by atoms with E-state index in [9.17, 15) is 9.90 Å². The SMILES string of the molecule is CN(C)CCCOC(=O)c1ccc(N)cc1O. The first kappa shape index (κ1) is 13.3. The lowest BCUT2D eigenvalue weighted by Gasteiger charge is -2.10. The lowest BCUT2D eigenvalue weighted by Crippen LogP contribution is -2.16. The van der Waals surface area contributed by atoms with Crippen LogP contribution in [0.4, 0.5) is 5.69 Å². The zero-order valence-electron chi connectivity index (χ0n) is 10.1. The van der Waals surface area contributed by atoms with E-state index >= 15 is 0 Å². The number of nitrogen functional groups attached to an aromatic ring is 1. The number of rotatable bonds is 5. The summed E-state index contributed by atoms with van der Waals surface area (Å²) in [6.45, 7) is 1.18. The third-order valence-electron chi connectivity index (χ3n) is 2.22. The zero-order valence-corrected chi connectivity index (χ0v) is 10.1. The van der Waals surface area contributed by atoms with Gasteiger partial charge in [-0.25, -0.2) is 4.79 Å². The van der Waals surface area contributed by atoms with Crippen molar-refractivity contribution in [3.8, 4) is 5.75 Å². The molecule has 94 valence electrons. The van der Waals surface area contributed by atoms with E-state index in [0.29, 0.717) is 12.3 Å². The van der Waals surface area contributed by atoms with Crippen LogP contribution < -0.4 is 5.73 Å². The largest absolute Gasteiger partial charge is 0.507 e. The van der Waals surface area contributed by atoms with Gasteiger partial charge in [0.2, 0.25) is 0 Å². The summed E-state index contributed by atoms with van der Waals surface area (Å²) in [5.41, 5.74) is 6.02. The first-order valence-corrected chi connectivity index (χ1v) is 5.41. The first-order chi connectivity index (χ1) is 8.00. The minimum Gasteiger partial charge on any atom is -0.507 e. The third-order valence-corrected chi connectivity index (χ3v) is 2.22. The fraction of sp³-hybridized carbons (Fsp3) is 0.417. The summed E-state index contributed by atoms with van der Waals surface area (Å²) in [5.74, 6) is -0.677. The summed E-state index contributed by atoms with van der Waals surface area (Å²) in [7, 11) is 3.90. The van der Waals surface area contributed by atoms with E-state index in [1.807, 2.05) is 19.0 Å². The second-order valence-electron chi connectivity index (χ2n) is 4.07. The molecule has 5 nitrogen and oxygen atoms in total. The van der Waals surface area contributed by atoms with Crippen LogP contribution in [0.1, 0.15) is 16.8 Å². The van der Waals surface area contributed by atoms with Crippen molar-refractivity contribution in [2.75, 3.05) is 33.0 Å². The number of phenolic OH excluding ortho intramolecular Hbond substituents is 1. The standard InChI is InChI=1S/C12H18N2O3/c1-14(2)6-3-7-17-12(16)10-5-4-9(13)8-11(10)15/h4-5,8,15H,3,6-7,13H2,1-2H3. The van der Waals surface area contributed by atoms with Gasteiger partial charge in [0, 0.05) is 18.3 Å². The Morgan fingerprint density at radius 2 is 2.18 bits per heavy atom. The number of esters is 1. The molecule has 0 bridgehead atoms. The van der Waals surface area contributed by atoms with Gasteiger partial charge in [-0.05, 0) is 32.6 Å². The molecule has 0 aliphatic rings. The van der Waals surface area contributed by atoms with E-state index in [0.717, 1.165) is 13.0 Å². The van der Waals surface area contributed by atoms with Crippen LogP contribution in [-0.4, -0.2) is 43.2 Å². The van der Waals surface area contributed by atoms with Gasteiger partial charge in [-0.1, -0.05) is 0 Å². The number of hydrogen-bond acceptors (Lipinski definition) is 5. The van der Waals surface area contributed by atoms with Crippen molar-refractivity contribution in [3.63, 3.8) is 0 Å². The summed E-state index contributed by atoms with van der Waals surface area (Å²) < 4.78 is 5.03. The molecule has 0 unspecified atom stereocenters. The van der Waals surface area contributed by atoms with Crippen LogP contribution in [0.5, 0.6) is 5.75 Å². The fourth-order valence-corrected chi connectivity index (χ4v) is 1.34.